The molecule has 0 saturated heterocycles. The zero-order chi connectivity index (χ0) is 14.8. The van der Waals surface area contributed by atoms with Gasteiger partial charge in [0.05, 0.1) is 0 Å². The fourth-order valence-corrected chi connectivity index (χ4v) is 2.56. The van der Waals surface area contributed by atoms with E-state index in [0.717, 1.165) is 6.42 Å². The van der Waals surface area contributed by atoms with Crippen LogP contribution in [-0.2, 0) is 0 Å². The van der Waals surface area contributed by atoms with Crippen LogP contribution in [0, 0.1) is 5.41 Å². The number of hydrogen-bond donors (Lipinski definition) is 1. The molecule has 1 aromatic carbocycles. The Hall–Kier alpha value is -0.820. The SMILES string of the molecule is CC(C)c1ccc(C(N)CC(C)(C)C)c(C(C)C)c1. The molecule has 0 aliphatic heterocycles. The van der Waals surface area contributed by atoms with Crippen molar-refractivity contribution in [1.29, 1.82) is 0 Å². The lowest BCUT2D eigenvalue weighted by atomic mass is 9.82. The van der Waals surface area contributed by atoms with Crippen molar-refractivity contribution >= 4 is 0 Å². The third-order valence-corrected chi connectivity index (χ3v) is 3.63. The minimum atomic E-state index is 0.138. The predicted octanol–water partition coefficient (Wildman–Crippen LogP) is 5.37. The Kier molecular flexibility index (Phi) is 5.20. The molecule has 0 amide bonds. The summed E-state index contributed by atoms with van der Waals surface area (Å²) in [6, 6.07) is 6.99. The van der Waals surface area contributed by atoms with E-state index in [1.54, 1.807) is 0 Å². The standard InChI is InChI=1S/C18H31N/c1-12(2)14-8-9-15(16(10-14)13(3)4)17(19)11-18(5,6)7/h8-10,12-13,17H,11,19H2,1-7H3. The minimum absolute atomic E-state index is 0.138. The van der Waals surface area contributed by atoms with Gasteiger partial charge in [0.15, 0.2) is 0 Å². The van der Waals surface area contributed by atoms with Crippen LogP contribution in [0.4, 0.5) is 0 Å². The van der Waals surface area contributed by atoms with Gasteiger partial charge in [0.2, 0.25) is 0 Å². The van der Waals surface area contributed by atoms with Crippen LogP contribution in [0.2, 0.25) is 0 Å². The highest BCUT2D eigenvalue weighted by Crippen LogP contribution is 2.33. The molecule has 0 radical (unpaired) electrons. The molecule has 0 fully saturated rings. The first kappa shape index (κ1) is 16.2. The van der Waals surface area contributed by atoms with Crippen molar-refractivity contribution in [2.45, 2.75) is 72.8 Å². The lowest BCUT2D eigenvalue weighted by Crippen LogP contribution is -2.20. The van der Waals surface area contributed by atoms with E-state index in [-0.39, 0.29) is 11.5 Å². The molecule has 0 saturated carbocycles. The second-order valence-corrected chi connectivity index (χ2v) is 7.57. The zero-order valence-corrected chi connectivity index (χ0v) is 13.7. The summed E-state index contributed by atoms with van der Waals surface area (Å²) >= 11 is 0. The third-order valence-electron chi connectivity index (χ3n) is 3.63. The number of rotatable bonds is 4. The number of hydrogen-bond acceptors (Lipinski definition) is 1. The Balaban J connectivity index is 3.13. The van der Waals surface area contributed by atoms with E-state index in [4.69, 9.17) is 5.73 Å². The summed E-state index contributed by atoms with van der Waals surface area (Å²) in [7, 11) is 0. The second-order valence-electron chi connectivity index (χ2n) is 7.57. The molecule has 0 aliphatic rings. The van der Waals surface area contributed by atoms with E-state index in [2.05, 4.69) is 66.7 Å². The highest BCUT2D eigenvalue weighted by atomic mass is 14.6. The van der Waals surface area contributed by atoms with E-state index in [1.165, 1.54) is 16.7 Å². The van der Waals surface area contributed by atoms with Gasteiger partial charge in [0.1, 0.15) is 0 Å². The van der Waals surface area contributed by atoms with Gasteiger partial charge in [0, 0.05) is 6.04 Å². The molecular weight excluding hydrogens is 230 g/mol. The summed E-state index contributed by atoms with van der Waals surface area (Å²) in [6.45, 7) is 15.8. The first-order chi connectivity index (χ1) is 8.61. The molecule has 0 aromatic heterocycles. The molecule has 0 aliphatic carbocycles. The van der Waals surface area contributed by atoms with E-state index < -0.39 is 0 Å². The quantitative estimate of drug-likeness (QED) is 0.774. The monoisotopic (exact) mass is 261 g/mol. The summed E-state index contributed by atoms with van der Waals surface area (Å²) in [5.74, 6) is 1.10. The van der Waals surface area contributed by atoms with Gasteiger partial charge in [-0.15, -0.1) is 0 Å². The average molecular weight is 261 g/mol. The van der Waals surface area contributed by atoms with Crippen LogP contribution in [0.1, 0.15) is 89.5 Å². The van der Waals surface area contributed by atoms with Crippen molar-refractivity contribution in [1.82, 2.24) is 0 Å². The molecule has 0 heterocycles. The van der Waals surface area contributed by atoms with Gasteiger partial charge in [-0.1, -0.05) is 66.7 Å². The van der Waals surface area contributed by atoms with Gasteiger partial charge in [-0.25, -0.2) is 0 Å². The maximum absolute atomic E-state index is 6.45. The van der Waals surface area contributed by atoms with Gasteiger partial charge in [0.25, 0.3) is 0 Å². The van der Waals surface area contributed by atoms with Crippen LogP contribution >= 0.6 is 0 Å². The van der Waals surface area contributed by atoms with Crippen molar-refractivity contribution in [2.75, 3.05) is 0 Å². The molecule has 2 N–H and O–H groups in total. The van der Waals surface area contributed by atoms with Crippen molar-refractivity contribution < 1.29 is 0 Å². The topological polar surface area (TPSA) is 26.0 Å². The predicted molar refractivity (Wildman–Crippen MR) is 85.6 cm³/mol. The van der Waals surface area contributed by atoms with Gasteiger partial charge >= 0.3 is 0 Å². The van der Waals surface area contributed by atoms with Crippen molar-refractivity contribution in [2.24, 2.45) is 11.1 Å². The van der Waals surface area contributed by atoms with E-state index >= 15 is 0 Å². The fourth-order valence-electron chi connectivity index (χ4n) is 2.56. The zero-order valence-electron chi connectivity index (χ0n) is 13.7. The van der Waals surface area contributed by atoms with Crippen LogP contribution in [0.25, 0.3) is 0 Å². The fraction of sp³-hybridized carbons (Fsp3) is 0.667. The van der Waals surface area contributed by atoms with Crippen LogP contribution in [0.3, 0.4) is 0 Å². The maximum atomic E-state index is 6.45. The summed E-state index contributed by atoms with van der Waals surface area (Å²) in [5.41, 5.74) is 10.9. The molecule has 1 heteroatoms. The normalized spacial score (nSPS) is 14.2. The summed E-state index contributed by atoms with van der Waals surface area (Å²) in [6.07, 6.45) is 1.02. The molecule has 1 unspecified atom stereocenters. The van der Waals surface area contributed by atoms with Gasteiger partial charge in [-0.05, 0) is 40.4 Å². The molecule has 1 nitrogen and oxygen atoms in total. The average Bonchev–Trinajstić information content (AvgIpc) is 2.25. The molecule has 1 atom stereocenters. The van der Waals surface area contributed by atoms with Crippen molar-refractivity contribution in [3.8, 4) is 0 Å². The Morgan fingerprint density at radius 3 is 1.95 bits per heavy atom. The van der Waals surface area contributed by atoms with Crippen molar-refractivity contribution in [3.63, 3.8) is 0 Å². The molecule has 108 valence electrons. The third kappa shape index (κ3) is 4.65. The Morgan fingerprint density at radius 2 is 1.53 bits per heavy atom. The van der Waals surface area contributed by atoms with Crippen molar-refractivity contribution in [3.05, 3.63) is 34.9 Å². The molecule has 1 aromatic rings. The molecule has 1 rings (SSSR count). The van der Waals surface area contributed by atoms with Crippen LogP contribution in [0.5, 0.6) is 0 Å². The smallest absolute Gasteiger partial charge is 0.0302 e. The van der Waals surface area contributed by atoms with Crippen LogP contribution in [0.15, 0.2) is 18.2 Å². The van der Waals surface area contributed by atoms with E-state index in [9.17, 15) is 0 Å². The highest BCUT2D eigenvalue weighted by Gasteiger charge is 2.20. The number of nitrogens with two attached hydrogens (primary N) is 1. The highest BCUT2D eigenvalue weighted by molar-refractivity contribution is 5.37. The first-order valence-corrected chi connectivity index (χ1v) is 7.51. The minimum Gasteiger partial charge on any atom is -0.324 e. The molecule has 19 heavy (non-hydrogen) atoms. The van der Waals surface area contributed by atoms with Gasteiger partial charge in [-0.2, -0.15) is 0 Å². The van der Waals surface area contributed by atoms with Crippen LogP contribution < -0.4 is 5.73 Å². The summed E-state index contributed by atoms with van der Waals surface area (Å²) < 4.78 is 0. The first-order valence-electron chi connectivity index (χ1n) is 7.51. The van der Waals surface area contributed by atoms with Crippen LogP contribution in [-0.4, -0.2) is 0 Å². The maximum Gasteiger partial charge on any atom is 0.0302 e. The largest absolute Gasteiger partial charge is 0.324 e. The Labute approximate surface area is 119 Å². The van der Waals surface area contributed by atoms with E-state index in [1.807, 2.05) is 0 Å². The summed E-state index contributed by atoms with van der Waals surface area (Å²) in [4.78, 5) is 0. The van der Waals surface area contributed by atoms with E-state index in [0.29, 0.717) is 11.8 Å². The lowest BCUT2D eigenvalue weighted by molar-refractivity contribution is 0.341. The second kappa shape index (κ2) is 6.09. The molecule has 0 bridgehead atoms. The summed E-state index contributed by atoms with van der Waals surface area (Å²) in [5, 5.41) is 0. The van der Waals surface area contributed by atoms with Gasteiger partial charge < -0.3 is 5.73 Å². The van der Waals surface area contributed by atoms with Gasteiger partial charge in [-0.3, -0.25) is 0 Å². The molecule has 0 spiro atoms. The lowest BCUT2D eigenvalue weighted by Gasteiger charge is -2.26. The Morgan fingerprint density at radius 1 is 0.947 bits per heavy atom. The molecular formula is C18H31N. The Bertz CT molecular complexity index is 410. The number of benzene rings is 1.